The summed E-state index contributed by atoms with van der Waals surface area (Å²) in [7, 11) is 0. The number of anilines is 1. The SMILES string of the molecule is O=C=NC1CC(=O)N(c2cccc(F)c2)C1. The summed E-state index contributed by atoms with van der Waals surface area (Å²) in [6, 6.07) is 5.41. The van der Waals surface area contributed by atoms with Crippen molar-refractivity contribution in [2.75, 3.05) is 11.4 Å². The van der Waals surface area contributed by atoms with E-state index in [1.807, 2.05) is 0 Å². The second-order valence-corrected chi connectivity index (χ2v) is 3.56. The summed E-state index contributed by atoms with van der Waals surface area (Å²) in [5.41, 5.74) is 0.494. The van der Waals surface area contributed by atoms with Crippen LogP contribution in [0.5, 0.6) is 0 Å². The first-order valence-corrected chi connectivity index (χ1v) is 4.83. The molecule has 16 heavy (non-hydrogen) atoms. The Labute approximate surface area is 91.4 Å². The number of aliphatic imine (C=N–C) groups is 1. The van der Waals surface area contributed by atoms with Crippen molar-refractivity contribution in [1.82, 2.24) is 0 Å². The van der Waals surface area contributed by atoms with Gasteiger partial charge in [0.2, 0.25) is 12.0 Å². The summed E-state index contributed by atoms with van der Waals surface area (Å²) in [6.07, 6.45) is 1.61. The van der Waals surface area contributed by atoms with Crippen molar-refractivity contribution in [3.63, 3.8) is 0 Å². The molecule has 0 radical (unpaired) electrons. The van der Waals surface area contributed by atoms with E-state index < -0.39 is 5.82 Å². The molecule has 1 aromatic rings. The highest BCUT2D eigenvalue weighted by atomic mass is 19.1. The van der Waals surface area contributed by atoms with Crippen molar-refractivity contribution < 1.29 is 14.0 Å². The lowest BCUT2D eigenvalue weighted by molar-refractivity contribution is -0.117. The fraction of sp³-hybridized carbons (Fsp3) is 0.273. The van der Waals surface area contributed by atoms with Crippen LogP contribution in [0, 0.1) is 5.82 Å². The van der Waals surface area contributed by atoms with Crippen LogP contribution in [0.25, 0.3) is 0 Å². The molecule has 1 aromatic carbocycles. The molecule has 1 saturated heterocycles. The van der Waals surface area contributed by atoms with E-state index in [4.69, 9.17) is 0 Å². The zero-order chi connectivity index (χ0) is 11.5. The lowest BCUT2D eigenvalue weighted by Crippen LogP contribution is -2.24. The first-order chi connectivity index (χ1) is 7.70. The van der Waals surface area contributed by atoms with Crippen molar-refractivity contribution in [3.05, 3.63) is 30.1 Å². The van der Waals surface area contributed by atoms with Gasteiger partial charge in [-0.1, -0.05) is 6.07 Å². The molecule has 1 unspecified atom stereocenters. The number of hydrogen-bond acceptors (Lipinski definition) is 3. The van der Waals surface area contributed by atoms with Gasteiger partial charge in [-0.25, -0.2) is 14.2 Å². The maximum absolute atomic E-state index is 13.0. The van der Waals surface area contributed by atoms with Gasteiger partial charge in [0.15, 0.2) is 0 Å². The number of isocyanates is 1. The van der Waals surface area contributed by atoms with Gasteiger partial charge in [-0.05, 0) is 18.2 Å². The molecule has 1 amide bonds. The van der Waals surface area contributed by atoms with Gasteiger partial charge in [-0.15, -0.1) is 0 Å². The van der Waals surface area contributed by atoms with Crippen LogP contribution >= 0.6 is 0 Å². The number of nitrogens with zero attached hydrogens (tertiary/aromatic N) is 2. The zero-order valence-corrected chi connectivity index (χ0v) is 8.39. The summed E-state index contributed by atoms with van der Waals surface area (Å²) in [5, 5.41) is 0. The minimum atomic E-state index is -0.396. The lowest BCUT2D eigenvalue weighted by atomic mass is 10.3. The van der Waals surface area contributed by atoms with Gasteiger partial charge in [-0.3, -0.25) is 4.79 Å². The molecule has 0 spiro atoms. The van der Waals surface area contributed by atoms with E-state index in [1.54, 1.807) is 6.07 Å². The van der Waals surface area contributed by atoms with Crippen molar-refractivity contribution in [1.29, 1.82) is 0 Å². The number of carbonyl (C=O) groups is 1. The highest BCUT2D eigenvalue weighted by molar-refractivity contribution is 5.96. The molecule has 0 aliphatic carbocycles. The molecule has 2 rings (SSSR count). The van der Waals surface area contributed by atoms with Crippen LogP contribution in [0.1, 0.15) is 6.42 Å². The maximum atomic E-state index is 13.0. The highest BCUT2D eigenvalue weighted by Gasteiger charge is 2.30. The minimum absolute atomic E-state index is 0.158. The van der Waals surface area contributed by atoms with E-state index in [1.165, 1.54) is 29.2 Å². The lowest BCUT2D eigenvalue weighted by Gasteiger charge is -2.15. The first-order valence-electron chi connectivity index (χ1n) is 4.83. The van der Waals surface area contributed by atoms with Gasteiger partial charge in [0, 0.05) is 12.2 Å². The average molecular weight is 220 g/mol. The topological polar surface area (TPSA) is 49.7 Å². The molecule has 0 aromatic heterocycles. The number of rotatable bonds is 2. The summed E-state index contributed by atoms with van der Waals surface area (Å²) in [5.74, 6) is -0.553. The monoisotopic (exact) mass is 220 g/mol. The van der Waals surface area contributed by atoms with Crippen LogP contribution in [-0.4, -0.2) is 24.6 Å². The molecule has 5 heteroatoms. The molecular formula is C11H9FN2O2. The molecule has 0 saturated carbocycles. The second kappa shape index (κ2) is 4.24. The Bertz CT molecular complexity index is 469. The molecule has 1 aliphatic rings. The van der Waals surface area contributed by atoms with E-state index in [0.29, 0.717) is 12.2 Å². The average Bonchev–Trinajstić information content (AvgIpc) is 2.60. The fourth-order valence-electron chi connectivity index (χ4n) is 1.74. The predicted octanol–water partition coefficient (Wildman–Crippen LogP) is 1.27. The number of carbonyl (C=O) groups excluding carboxylic acids is 2. The third kappa shape index (κ3) is 1.99. The summed E-state index contributed by atoms with van der Waals surface area (Å²) >= 11 is 0. The van der Waals surface area contributed by atoms with Gasteiger partial charge >= 0.3 is 0 Å². The minimum Gasteiger partial charge on any atom is -0.310 e. The van der Waals surface area contributed by atoms with Crippen molar-refractivity contribution in [2.45, 2.75) is 12.5 Å². The van der Waals surface area contributed by atoms with Gasteiger partial charge in [0.05, 0.1) is 12.5 Å². The van der Waals surface area contributed by atoms with Crippen LogP contribution in [-0.2, 0) is 9.59 Å². The Hall–Kier alpha value is -2.00. The largest absolute Gasteiger partial charge is 0.310 e. The molecule has 4 nitrogen and oxygen atoms in total. The number of amides is 1. The smallest absolute Gasteiger partial charge is 0.235 e. The quantitative estimate of drug-likeness (QED) is 0.556. The Morgan fingerprint density at radius 1 is 1.50 bits per heavy atom. The van der Waals surface area contributed by atoms with E-state index in [2.05, 4.69) is 4.99 Å². The normalized spacial score (nSPS) is 19.7. The van der Waals surface area contributed by atoms with E-state index in [0.717, 1.165) is 0 Å². The molecule has 82 valence electrons. The number of halogens is 1. The van der Waals surface area contributed by atoms with Crippen molar-refractivity contribution in [3.8, 4) is 0 Å². The van der Waals surface area contributed by atoms with Gasteiger partial charge in [-0.2, -0.15) is 0 Å². The molecule has 1 atom stereocenters. The molecule has 0 N–H and O–H groups in total. The molecule has 1 fully saturated rings. The Morgan fingerprint density at radius 3 is 3.00 bits per heavy atom. The molecule has 1 heterocycles. The van der Waals surface area contributed by atoms with Gasteiger partial charge < -0.3 is 4.90 Å². The van der Waals surface area contributed by atoms with E-state index >= 15 is 0 Å². The third-order valence-electron chi connectivity index (χ3n) is 2.46. The Balaban J connectivity index is 2.23. The summed E-state index contributed by atoms with van der Waals surface area (Å²) in [4.78, 5) is 26.6. The van der Waals surface area contributed by atoms with Crippen LogP contribution in [0.3, 0.4) is 0 Å². The van der Waals surface area contributed by atoms with Crippen LogP contribution in [0.4, 0.5) is 10.1 Å². The van der Waals surface area contributed by atoms with E-state index in [-0.39, 0.29) is 18.4 Å². The van der Waals surface area contributed by atoms with E-state index in [9.17, 15) is 14.0 Å². The third-order valence-corrected chi connectivity index (χ3v) is 2.46. The number of hydrogen-bond donors (Lipinski definition) is 0. The zero-order valence-electron chi connectivity index (χ0n) is 8.39. The Morgan fingerprint density at radius 2 is 2.31 bits per heavy atom. The van der Waals surface area contributed by atoms with Crippen molar-refractivity contribution in [2.24, 2.45) is 4.99 Å². The second-order valence-electron chi connectivity index (χ2n) is 3.56. The highest BCUT2D eigenvalue weighted by Crippen LogP contribution is 2.23. The van der Waals surface area contributed by atoms with Gasteiger partial charge in [0.1, 0.15) is 5.82 Å². The number of benzene rings is 1. The first kappa shape index (κ1) is 10.5. The summed E-state index contributed by atoms with van der Waals surface area (Å²) in [6.45, 7) is 0.303. The predicted molar refractivity (Wildman–Crippen MR) is 55.3 cm³/mol. The van der Waals surface area contributed by atoms with Crippen LogP contribution in [0.2, 0.25) is 0 Å². The summed E-state index contributed by atoms with van der Waals surface area (Å²) < 4.78 is 13.0. The molecular weight excluding hydrogens is 211 g/mol. The maximum Gasteiger partial charge on any atom is 0.235 e. The van der Waals surface area contributed by atoms with Gasteiger partial charge in [0.25, 0.3) is 0 Å². The van der Waals surface area contributed by atoms with Crippen LogP contribution < -0.4 is 4.90 Å². The van der Waals surface area contributed by atoms with Crippen LogP contribution in [0.15, 0.2) is 29.3 Å². The molecule has 0 bridgehead atoms. The fourth-order valence-corrected chi connectivity index (χ4v) is 1.74. The van der Waals surface area contributed by atoms with Crippen molar-refractivity contribution >= 4 is 17.7 Å². The molecule has 1 aliphatic heterocycles. The Kier molecular flexibility index (Phi) is 2.79. The standard InChI is InChI=1S/C11H9FN2O2/c12-8-2-1-3-10(4-8)14-6-9(13-7-15)5-11(14)16/h1-4,9H,5-6H2.